The lowest BCUT2D eigenvalue weighted by Crippen LogP contribution is -2.70. The Morgan fingerprint density at radius 1 is 1.18 bits per heavy atom. The Labute approximate surface area is 234 Å². The van der Waals surface area contributed by atoms with Gasteiger partial charge in [0.2, 0.25) is 0 Å². The second-order valence-electron chi connectivity index (χ2n) is 13.0. The Bertz CT molecular complexity index is 1280. The molecule has 4 fully saturated rings. The Hall–Kier alpha value is -2.42. The van der Waals surface area contributed by atoms with Crippen molar-refractivity contribution in [2.45, 2.75) is 102 Å². The van der Waals surface area contributed by atoms with Crippen molar-refractivity contribution in [3.05, 3.63) is 53.6 Å². The summed E-state index contributed by atoms with van der Waals surface area (Å²) in [6.45, 7) is 5.50. The van der Waals surface area contributed by atoms with Gasteiger partial charge in [-0.2, -0.15) is 0 Å². The normalized spacial score (nSPS) is 45.4. The van der Waals surface area contributed by atoms with Crippen LogP contribution in [0.3, 0.4) is 0 Å². The molecule has 4 aliphatic carbocycles. The number of ether oxygens (including phenoxy) is 2. The summed E-state index contributed by atoms with van der Waals surface area (Å²) in [5, 5.41) is 11.7. The summed E-state index contributed by atoms with van der Waals surface area (Å²) in [4.78, 5) is 26.4. The molecule has 0 aromatic heterocycles. The zero-order valence-corrected chi connectivity index (χ0v) is 23.4. The average Bonchev–Trinajstić information content (AvgIpc) is 3.39. The molecule has 0 amide bonds. The number of fused-ring (bicyclic) bond motifs is 7. The van der Waals surface area contributed by atoms with Gasteiger partial charge in [0.25, 0.3) is 0 Å². The molecule has 3 saturated carbocycles. The molecular weight excluding hydrogens is 516 g/mol. The fraction of sp³-hybridized carbons (Fsp3) is 0.625. The van der Waals surface area contributed by atoms with Gasteiger partial charge in [-0.1, -0.05) is 38.5 Å². The lowest BCUT2D eigenvalue weighted by Gasteiger charge is -2.63. The van der Waals surface area contributed by atoms with Gasteiger partial charge in [-0.25, -0.2) is 8.78 Å². The van der Waals surface area contributed by atoms with Crippen molar-refractivity contribution in [1.82, 2.24) is 0 Å². The van der Waals surface area contributed by atoms with Crippen molar-refractivity contribution in [1.29, 1.82) is 0 Å². The Morgan fingerprint density at radius 2 is 1.90 bits per heavy atom. The third-order valence-corrected chi connectivity index (χ3v) is 11.0. The van der Waals surface area contributed by atoms with Crippen LogP contribution in [0.15, 0.2) is 48.1 Å². The van der Waals surface area contributed by atoms with E-state index >= 15 is 8.78 Å². The van der Waals surface area contributed by atoms with E-state index in [0.717, 1.165) is 12.0 Å². The molecule has 1 heterocycles. The first-order chi connectivity index (χ1) is 18.9. The number of aliphatic hydroxyl groups excluding tert-OH is 1. The van der Waals surface area contributed by atoms with Gasteiger partial charge in [-0.05, 0) is 80.4 Å². The lowest BCUT2D eigenvalue weighted by atomic mass is 9.44. The summed E-state index contributed by atoms with van der Waals surface area (Å²) in [5.74, 6) is -1.85. The van der Waals surface area contributed by atoms with Gasteiger partial charge >= 0.3 is 0 Å². The van der Waals surface area contributed by atoms with Crippen LogP contribution in [0.25, 0.3) is 0 Å². The van der Waals surface area contributed by atoms with E-state index in [-0.39, 0.29) is 36.4 Å². The summed E-state index contributed by atoms with van der Waals surface area (Å²) in [6.07, 6.45) is 1.91. The van der Waals surface area contributed by atoms with Crippen LogP contribution in [0.2, 0.25) is 0 Å². The van der Waals surface area contributed by atoms with E-state index in [2.05, 4.69) is 0 Å². The first-order valence-electron chi connectivity index (χ1n) is 14.6. The Kier molecular flexibility index (Phi) is 6.45. The predicted octanol–water partition coefficient (Wildman–Crippen LogP) is 4.98. The number of rotatable bonds is 6. The maximum Gasteiger partial charge on any atom is 0.178 e. The number of hydrogen-bond acceptors (Lipinski definition) is 6. The molecule has 0 bridgehead atoms. The molecule has 1 aromatic rings. The van der Waals surface area contributed by atoms with E-state index in [0.29, 0.717) is 24.9 Å². The van der Waals surface area contributed by atoms with E-state index in [9.17, 15) is 14.7 Å². The zero-order chi connectivity index (χ0) is 28.7. The number of carbonyl (C=O) groups excluding carboxylic acids is 2. The van der Waals surface area contributed by atoms with E-state index in [4.69, 9.17) is 15.2 Å². The average molecular weight is 556 g/mol. The van der Waals surface area contributed by atoms with Crippen molar-refractivity contribution in [2.24, 2.45) is 22.7 Å². The van der Waals surface area contributed by atoms with Crippen LogP contribution >= 0.6 is 0 Å². The summed E-state index contributed by atoms with van der Waals surface area (Å²) < 4.78 is 46.3. The number of nitrogens with two attached hydrogens (primary N) is 1. The van der Waals surface area contributed by atoms with Crippen LogP contribution in [-0.2, 0) is 25.5 Å². The lowest BCUT2D eigenvalue weighted by molar-refractivity contribution is -0.234. The predicted molar refractivity (Wildman–Crippen MR) is 146 cm³/mol. The van der Waals surface area contributed by atoms with Crippen molar-refractivity contribution in [3.63, 3.8) is 0 Å². The Morgan fingerprint density at radius 3 is 2.60 bits per heavy atom. The van der Waals surface area contributed by atoms with Gasteiger partial charge in [-0.3, -0.25) is 9.59 Å². The third kappa shape index (κ3) is 3.54. The van der Waals surface area contributed by atoms with Gasteiger partial charge in [-0.15, -0.1) is 0 Å². The molecule has 1 aromatic carbocycles. The van der Waals surface area contributed by atoms with E-state index < -0.39 is 58.6 Å². The summed E-state index contributed by atoms with van der Waals surface area (Å²) in [5.41, 5.74) is 1.50. The number of ketones is 2. The second-order valence-corrected chi connectivity index (χ2v) is 13.0. The fourth-order valence-electron chi connectivity index (χ4n) is 9.01. The number of allylic oxidation sites excluding steroid dienone is 4. The number of anilines is 1. The van der Waals surface area contributed by atoms with Crippen LogP contribution in [0.5, 0.6) is 0 Å². The second kappa shape index (κ2) is 9.30. The number of benzene rings is 1. The van der Waals surface area contributed by atoms with E-state index in [1.54, 1.807) is 19.1 Å². The molecule has 1 aliphatic heterocycles. The number of alkyl halides is 2. The maximum atomic E-state index is 17.5. The molecule has 40 heavy (non-hydrogen) atoms. The molecule has 5 aliphatic rings. The molecular formula is C32H39F2NO5. The third-order valence-electron chi connectivity index (χ3n) is 11.0. The first kappa shape index (κ1) is 27.7. The number of nitrogen functional groups attached to an aromatic ring is 1. The van der Waals surface area contributed by atoms with E-state index in [1.807, 2.05) is 26.0 Å². The SMILES string of the molecule is CCC[C@H]1O[C@@H]2C[C@H]3[C@@H]4C[C@H](F)C5=CC(=O)C=C[C@]5(C)[C@@]4(F)[C@@H](O)C[C@]3(C)[C@]2(C(=O)CCc2ccc(N)cc2)O1. The Balaban J connectivity index is 1.39. The monoisotopic (exact) mass is 555 g/mol. The number of hydrogen-bond donors (Lipinski definition) is 2. The maximum absolute atomic E-state index is 17.5. The van der Waals surface area contributed by atoms with Crippen LogP contribution in [-0.4, -0.2) is 52.6 Å². The van der Waals surface area contributed by atoms with Crippen molar-refractivity contribution in [3.8, 4) is 0 Å². The fourth-order valence-corrected chi connectivity index (χ4v) is 9.01. The van der Waals surface area contributed by atoms with Crippen molar-refractivity contribution < 1.29 is 33.0 Å². The topological polar surface area (TPSA) is 98.9 Å². The number of Topliss-reactive ketones (excluding diaryl/α,β-unsaturated/α-hetero) is 1. The first-order valence-corrected chi connectivity index (χ1v) is 14.6. The summed E-state index contributed by atoms with van der Waals surface area (Å²) in [6, 6.07) is 7.38. The number of halogens is 2. The molecule has 216 valence electrons. The molecule has 6 rings (SSSR count). The minimum atomic E-state index is -2.21. The largest absolute Gasteiger partial charge is 0.399 e. The molecule has 0 unspecified atom stereocenters. The molecule has 1 saturated heterocycles. The highest BCUT2D eigenvalue weighted by atomic mass is 19.1. The van der Waals surface area contributed by atoms with E-state index in [1.165, 1.54) is 18.2 Å². The minimum absolute atomic E-state index is 0.0292. The van der Waals surface area contributed by atoms with Gasteiger partial charge < -0.3 is 20.3 Å². The standard InChI is InChI=1S/C32H39F2NO5/c1-4-5-28-39-27-16-21-22-15-24(33)23-14-20(36)12-13-29(23,2)31(22,34)26(38)17-30(21,3)32(27,40-28)25(37)11-8-18-6-9-19(35)10-7-18/h6-7,9-10,12-14,21-22,24,26-28,38H,4-5,8,11,15-17,35H2,1-3H3/t21-,22-,24-,26-,27+,28-,29-,30-,31-,32+/m0/s1. The van der Waals surface area contributed by atoms with Crippen LogP contribution in [0.1, 0.15) is 64.9 Å². The molecule has 0 radical (unpaired) electrons. The zero-order valence-electron chi connectivity index (χ0n) is 23.4. The van der Waals surface area contributed by atoms with Crippen molar-refractivity contribution in [2.75, 3.05) is 5.73 Å². The van der Waals surface area contributed by atoms with Gasteiger partial charge in [0.15, 0.2) is 29.1 Å². The van der Waals surface area contributed by atoms with Crippen LogP contribution in [0, 0.1) is 22.7 Å². The van der Waals surface area contributed by atoms with Gasteiger partial charge in [0, 0.05) is 28.9 Å². The highest BCUT2D eigenvalue weighted by Gasteiger charge is 2.79. The highest BCUT2D eigenvalue weighted by molar-refractivity contribution is 6.01. The minimum Gasteiger partial charge on any atom is -0.399 e. The number of carbonyl (C=O) groups is 2. The van der Waals surface area contributed by atoms with Gasteiger partial charge in [0.1, 0.15) is 6.17 Å². The van der Waals surface area contributed by atoms with Crippen molar-refractivity contribution >= 4 is 17.3 Å². The molecule has 10 atom stereocenters. The van der Waals surface area contributed by atoms with Crippen LogP contribution in [0.4, 0.5) is 14.5 Å². The summed E-state index contributed by atoms with van der Waals surface area (Å²) >= 11 is 0. The molecule has 3 N–H and O–H groups in total. The highest BCUT2D eigenvalue weighted by Crippen LogP contribution is 2.72. The molecule has 0 spiro atoms. The van der Waals surface area contributed by atoms with Crippen LogP contribution < -0.4 is 5.73 Å². The number of aryl methyl sites for hydroxylation is 1. The number of aliphatic hydroxyl groups is 1. The quantitative estimate of drug-likeness (QED) is 0.481. The molecule has 6 nitrogen and oxygen atoms in total. The summed E-state index contributed by atoms with van der Waals surface area (Å²) in [7, 11) is 0. The van der Waals surface area contributed by atoms with Gasteiger partial charge in [0.05, 0.1) is 12.2 Å². The smallest absolute Gasteiger partial charge is 0.178 e. The molecule has 8 heteroatoms.